The number of rotatable bonds is 3. The van der Waals surface area contributed by atoms with Crippen molar-refractivity contribution in [1.82, 2.24) is 5.43 Å². The summed E-state index contributed by atoms with van der Waals surface area (Å²) in [5, 5.41) is 4.09. The third-order valence-corrected chi connectivity index (χ3v) is 3.05. The molecule has 0 saturated carbocycles. The van der Waals surface area contributed by atoms with Crippen LogP contribution in [0.2, 0.25) is 10.0 Å². The van der Waals surface area contributed by atoms with Crippen LogP contribution in [0, 0.1) is 0 Å². The van der Waals surface area contributed by atoms with E-state index in [0.717, 1.165) is 0 Å². The fourth-order valence-electron chi connectivity index (χ4n) is 1.60. The van der Waals surface area contributed by atoms with Crippen molar-refractivity contribution in [2.24, 2.45) is 5.84 Å². The van der Waals surface area contributed by atoms with E-state index in [1.54, 1.807) is 42.5 Å². The van der Waals surface area contributed by atoms with Crippen LogP contribution in [0.5, 0.6) is 0 Å². The van der Waals surface area contributed by atoms with Crippen LogP contribution < -0.4 is 16.6 Å². The summed E-state index contributed by atoms with van der Waals surface area (Å²) < 4.78 is 0. The number of benzene rings is 2. The van der Waals surface area contributed by atoms with Gasteiger partial charge in [-0.25, -0.2) is 5.84 Å². The van der Waals surface area contributed by atoms with Crippen LogP contribution >= 0.6 is 23.2 Å². The van der Waals surface area contributed by atoms with Crippen LogP contribution in [-0.4, -0.2) is 5.91 Å². The van der Waals surface area contributed by atoms with E-state index in [1.807, 2.05) is 0 Å². The molecular weight excluding hydrogens is 285 g/mol. The fourth-order valence-corrected chi connectivity index (χ4v) is 2.06. The average molecular weight is 296 g/mol. The number of hydrazine groups is 1. The molecule has 98 valence electrons. The van der Waals surface area contributed by atoms with E-state index in [1.165, 1.54) is 0 Å². The minimum atomic E-state index is -0.381. The fraction of sp³-hybridized carbons (Fsp3) is 0. The third-order valence-electron chi connectivity index (χ3n) is 2.50. The first-order valence-corrected chi connectivity index (χ1v) is 6.19. The monoisotopic (exact) mass is 295 g/mol. The maximum absolute atomic E-state index is 11.6. The van der Waals surface area contributed by atoms with Gasteiger partial charge in [0.25, 0.3) is 5.91 Å². The molecule has 0 aliphatic heterocycles. The van der Waals surface area contributed by atoms with Crippen molar-refractivity contribution in [1.29, 1.82) is 0 Å². The summed E-state index contributed by atoms with van der Waals surface area (Å²) >= 11 is 11.9. The van der Waals surface area contributed by atoms with Crippen LogP contribution in [0.25, 0.3) is 0 Å². The Balaban J connectivity index is 2.35. The van der Waals surface area contributed by atoms with Gasteiger partial charge in [-0.1, -0.05) is 35.3 Å². The second-order valence-corrected chi connectivity index (χ2v) is 4.61. The van der Waals surface area contributed by atoms with Gasteiger partial charge in [-0.15, -0.1) is 0 Å². The van der Waals surface area contributed by atoms with Gasteiger partial charge in [-0.3, -0.25) is 10.2 Å². The molecule has 0 atom stereocenters. The predicted octanol–water partition coefficient (Wildman–Crippen LogP) is 3.34. The molecule has 19 heavy (non-hydrogen) atoms. The molecule has 0 heterocycles. The second-order valence-electron chi connectivity index (χ2n) is 3.77. The maximum atomic E-state index is 11.6. The van der Waals surface area contributed by atoms with Gasteiger partial charge in [0.1, 0.15) is 0 Å². The molecule has 0 radical (unpaired) electrons. The Morgan fingerprint density at radius 2 is 1.79 bits per heavy atom. The van der Waals surface area contributed by atoms with Crippen LogP contribution in [0.3, 0.4) is 0 Å². The third kappa shape index (κ3) is 3.17. The Morgan fingerprint density at radius 1 is 1.05 bits per heavy atom. The summed E-state index contributed by atoms with van der Waals surface area (Å²) in [4.78, 5) is 11.6. The van der Waals surface area contributed by atoms with Gasteiger partial charge in [0, 0.05) is 5.02 Å². The second kappa shape index (κ2) is 5.93. The van der Waals surface area contributed by atoms with E-state index in [9.17, 15) is 4.79 Å². The molecule has 1 amide bonds. The van der Waals surface area contributed by atoms with Gasteiger partial charge in [0.2, 0.25) is 0 Å². The highest BCUT2D eigenvalue weighted by Gasteiger charge is 2.10. The number of nitrogens with two attached hydrogens (primary N) is 1. The van der Waals surface area contributed by atoms with Crippen molar-refractivity contribution in [3.05, 3.63) is 58.1 Å². The number of carbonyl (C=O) groups is 1. The van der Waals surface area contributed by atoms with Gasteiger partial charge in [-0.2, -0.15) is 0 Å². The minimum Gasteiger partial charge on any atom is -0.354 e. The Kier molecular flexibility index (Phi) is 4.27. The molecule has 2 aromatic carbocycles. The number of para-hydroxylation sites is 1. The SMILES string of the molecule is NNC(=O)c1ccccc1Nc1ccc(Cl)cc1Cl. The summed E-state index contributed by atoms with van der Waals surface area (Å²) in [7, 11) is 0. The van der Waals surface area contributed by atoms with Crippen LogP contribution in [-0.2, 0) is 0 Å². The maximum Gasteiger partial charge on any atom is 0.267 e. The molecule has 0 saturated heterocycles. The Bertz CT molecular complexity index is 617. The largest absolute Gasteiger partial charge is 0.354 e. The first kappa shape index (κ1) is 13.7. The van der Waals surface area contributed by atoms with Crippen LogP contribution in [0.1, 0.15) is 10.4 Å². The molecule has 0 fully saturated rings. The molecule has 0 unspecified atom stereocenters. The standard InChI is InChI=1S/C13H11Cl2N3O/c14-8-5-6-12(10(15)7-8)17-11-4-2-1-3-9(11)13(19)18-16/h1-7,17H,16H2,(H,18,19). The lowest BCUT2D eigenvalue weighted by atomic mass is 10.1. The highest BCUT2D eigenvalue weighted by atomic mass is 35.5. The molecule has 2 rings (SSSR count). The normalized spacial score (nSPS) is 10.1. The molecule has 0 aromatic heterocycles. The molecule has 4 N–H and O–H groups in total. The van der Waals surface area contributed by atoms with Gasteiger partial charge in [0.15, 0.2) is 0 Å². The molecule has 4 nitrogen and oxygen atoms in total. The molecule has 0 aliphatic rings. The zero-order valence-corrected chi connectivity index (χ0v) is 11.3. The van der Waals surface area contributed by atoms with E-state index >= 15 is 0 Å². The first-order valence-electron chi connectivity index (χ1n) is 5.44. The zero-order valence-electron chi connectivity index (χ0n) is 9.78. The molecule has 0 aliphatic carbocycles. The van der Waals surface area contributed by atoms with E-state index in [0.29, 0.717) is 27.0 Å². The zero-order chi connectivity index (χ0) is 13.8. The first-order chi connectivity index (χ1) is 9.11. The van der Waals surface area contributed by atoms with Crippen molar-refractivity contribution in [2.75, 3.05) is 5.32 Å². The van der Waals surface area contributed by atoms with E-state index < -0.39 is 0 Å². The smallest absolute Gasteiger partial charge is 0.267 e. The molecule has 0 spiro atoms. The molecular formula is C13H11Cl2N3O. The number of hydrogen-bond acceptors (Lipinski definition) is 3. The average Bonchev–Trinajstić information content (AvgIpc) is 2.41. The van der Waals surface area contributed by atoms with Gasteiger partial charge >= 0.3 is 0 Å². The molecule has 6 heteroatoms. The van der Waals surface area contributed by atoms with Crippen molar-refractivity contribution < 1.29 is 4.79 Å². The molecule has 2 aromatic rings. The number of hydrogen-bond donors (Lipinski definition) is 3. The van der Waals surface area contributed by atoms with Crippen LogP contribution in [0.15, 0.2) is 42.5 Å². The lowest BCUT2D eigenvalue weighted by molar-refractivity contribution is 0.0954. The number of anilines is 2. The predicted molar refractivity (Wildman–Crippen MR) is 77.8 cm³/mol. The van der Waals surface area contributed by atoms with E-state index in [-0.39, 0.29) is 5.91 Å². The van der Waals surface area contributed by atoms with Gasteiger partial charge in [-0.05, 0) is 30.3 Å². The van der Waals surface area contributed by atoms with Gasteiger partial charge in [0.05, 0.1) is 22.0 Å². The number of carbonyl (C=O) groups excluding carboxylic acids is 1. The van der Waals surface area contributed by atoms with E-state index in [2.05, 4.69) is 10.7 Å². The number of amides is 1. The lowest BCUT2D eigenvalue weighted by Crippen LogP contribution is -2.30. The summed E-state index contributed by atoms with van der Waals surface area (Å²) in [6.07, 6.45) is 0. The van der Waals surface area contributed by atoms with Crippen LogP contribution in [0.4, 0.5) is 11.4 Å². The topological polar surface area (TPSA) is 67.1 Å². The highest BCUT2D eigenvalue weighted by molar-refractivity contribution is 6.36. The Labute approximate surface area is 120 Å². The van der Waals surface area contributed by atoms with Crippen molar-refractivity contribution in [2.45, 2.75) is 0 Å². The summed E-state index contributed by atoms with van der Waals surface area (Å²) in [6.45, 7) is 0. The quantitative estimate of drug-likeness (QED) is 0.462. The minimum absolute atomic E-state index is 0.381. The Morgan fingerprint density at radius 3 is 2.47 bits per heavy atom. The highest BCUT2D eigenvalue weighted by Crippen LogP contribution is 2.29. The summed E-state index contributed by atoms with van der Waals surface area (Å²) in [5.74, 6) is 4.76. The van der Waals surface area contributed by atoms with E-state index in [4.69, 9.17) is 29.0 Å². The summed E-state index contributed by atoms with van der Waals surface area (Å²) in [6, 6.07) is 12.0. The Hall–Kier alpha value is -1.75. The van der Waals surface area contributed by atoms with Gasteiger partial charge < -0.3 is 5.32 Å². The van der Waals surface area contributed by atoms with Crippen molar-refractivity contribution >= 4 is 40.5 Å². The number of halogens is 2. The lowest BCUT2D eigenvalue weighted by Gasteiger charge is -2.12. The summed E-state index contributed by atoms with van der Waals surface area (Å²) in [5.41, 5.74) is 3.79. The van der Waals surface area contributed by atoms with Crippen molar-refractivity contribution in [3.8, 4) is 0 Å². The number of nitrogens with one attached hydrogen (secondary N) is 2. The van der Waals surface area contributed by atoms with Crippen molar-refractivity contribution in [3.63, 3.8) is 0 Å². The molecule has 0 bridgehead atoms. The number of nitrogen functional groups attached to an aromatic ring is 1.